The monoisotopic (exact) mass is 346 g/mol. The van der Waals surface area contributed by atoms with E-state index in [0.29, 0.717) is 24.5 Å². The van der Waals surface area contributed by atoms with Gasteiger partial charge in [-0.2, -0.15) is 0 Å². The van der Waals surface area contributed by atoms with Crippen LogP contribution in [0.2, 0.25) is 0 Å². The van der Waals surface area contributed by atoms with E-state index in [1.807, 2.05) is 13.0 Å². The van der Waals surface area contributed by atoms with E-state index in [2.05, 4.69) is 21.2 Å². The van der Waals surface area contributed by atoms with Crippen LogP contribution in [0.15, 0.2) is 9.85 Å². The molecule has 2 amide bonds. The first-order valence-corrected chi connectivity index (χ1v) is 7.60. The van der Waals surface area contributed by atoms with Gasteiger partial charge in [0.25, 0.3) is 5.91 Å². The summed E-state index contributed by atoms with van der Waals surface area (Å²) in [5, 5.41) is 11.7. The molecule has 7 heteroatoms. The van der Waals surface area contributed by atoms with Gasteiger partial charge in [0.15, 0.2) is 0 Å². The zero-order valence-corrected chi connectivity index (χ0v) is 12.9. The van der Waals surface area contributed by atoms with E-state index >= 15 is 0 Å². The van der Waals surface area contributed by atoms with Crippen LogP contribution in [0.5, 0.6) is 0 Å². The molecule has 1 aliphatic heterocycles. The van der Waals surface area contributed by atoms with Crippen molar-refractivity contribution in [3.63, 3.8) is 0 Å². The Morgan fingerprint density at radius 1 is 1.63 bits per heavy atom. The van der Waals surface area contributed by atoms with Gasteiger partial charge >= 0.3 is 6.09 Å². The quantitative estimate of drug-likeness (QED) is 0.883. The minimum absolute atomic E-state index is 0.0902. The maximum absolute atomic E-state index is 11.9. The van der Waals surface area contributed by atoms with Gasteiger partial charge in [0.1, 0.15) is 0 Å². The van der Waals surface area contributed by atoms with Crippen LogP contribution in [-0.2, 0) is 0 Å². The van der Waals surface area contributed by atoms with Crippen molar-refractivity contribution < 1.29 is 14.7 Å². The Balaban J connectivity index is 1.83. The summed E-state index contributed by atoms with van der Waals surface area (Å²) in [5.41, 5.74) is 1.05. The van der Waals surface area contributed by atoms with Crippen molar-refractivity contribution in [1.82, 2.24) is 10.2 Å². The van der Waals surface area contributed by atoms with Crippen LogP contribution in [0.4, 0.5) is 4.79 Å². The second-order valence-corrected chi connectivity index (χ2v) is 7.03. The number of carboxylic acid groups (broad SMARTS) is 1. The van der Waals surface area contributed by atoms with E-state index in [9.17, 15) is 9.59 Å². The number of nitrogens with zero attached hydrogens (tertiary/aromatic N) is 1. The van der Waals surface area contributed by atoms with Crippen molar-refractivity contribution in [2.24, 2.45) is 5.92 Å². The van der Waals surface area contributed by atoms with Crippen molar-refractivity contribution in [3.8, 4) is 0 Å². The minimum atomic E-state index is -0.883. The molecule has 1 aliphatic rings. The van der Waals surface area contributed by atoms with E-state index in [0.717, 1.165) is 15.8 Å². The molecule has 104 valence electrons. The summed E-state index contributed by atoms with van der Waals surface area (Å²) >= 11 is 4.80. The summed E-state index contributed by atoms with van der Waals surface area (Å²) in [5.74, 6) is 0.122. The molecule has 1 atom stereocenters. The molecular formula is C12H15BrN2O3S. The van der Waals surface area contributed by atoms with Crippen LogP contribution in [0.3, 0.4) is 0 Å². The third kappa shape index (κ3) is 3.48. The lowest BCUT2D eigenvalue weighted by molar-refractivity contribution is 0.0951. The van der Waals surface area contributed by atoms with Gasteiger partial charge in [-0.05, 0) is 46.8 Å². The first kappa shape index (κ1) is 14.3. The third-order valence-electron chi connectivity index (χ3n) is 3.19. The molecule has 0 bridgehead atoms. The summed E-state index contributed by atoms with van der Waals surface area (Å²) in [6.45, 7) is 3.53. The van der Waals surface area contributed by atoms with Crippen LogP contribution >= 0.6 is 27.3 Å². The first-order chi connectivity index (χ1) is 8.97. The number of hydrogen-bond acceptors (Lipinski definition) is 3. The van der Waals surface area contributed by atoms with Gasteiger partial charge in [-0.1, -0.05) is 0 Å². The van der Waals surface area contributed by atoms with Crippen molar-refractivity contribution in [1.29, 1.82) is 0 Å². The minimum Gasteiger partial charge on any atom is -0.465 e. The average molecular weight is 347 g/mol. The van der Waals surface area contributed by atoms with Gasteiger partial charge in [-0.3, -0.25) is 4.79 Å². The summed E-state index contributed by atoms with van der Waals surface area (Å²) in [4.78, 5) is 24.8. The molecule has 0 saturated carbocycles. The lowest BCUT2D eigenvalue weighted by atomic mass is 10.1. The Labute approximate surface area is 123 Å². The summed E-state index contributed by atoms with van der Waals surface area (Å²) in [6, 6.07) is 1.85. The molecule has 0 aliphatic carbocycles. The molecule has 1 aromatic heterocycles. The maximum atomic E-state index is 11.9. The maximum Gasteiger partial charge on any atom is 0.407 e. The zero-order valence-electron chi connectivity index (χ0n) is 10.5. The van der Waals surface area contributed by atoms with Crippen molar-refractivity contribution in [2.75, 3.05) is 19.6 Å². The molecule has 0 aromatic carbocycles. The van der Waals surface area contributed by atoms with E-state index in [1.165, 1.54) is 16.2 Å². The van der Waals surface area contributed by atoms with Gasteiger partial charge < -0.3 is 15.3 Å². The van der Waals surface area contributed by atoms with Gasteiger partial charge in [-0.15, -0.1) is 11.3 Å². The molecule has 1 aromatic rings. The highest BCUT2D eigenvalue weighted by molar-refractivity contribution is 9.11. The number of aryl methyl sites for hydroxylation is 1. The first-order valence-electron chi connectivity index (χ1n) is 5.99. The highest BCUT2D eigenvalue weighted by atomic mass is 79.9. The number of amides is 2. The molecule has 0 radical (unpaired) electrons. The Morgan fingerprint density at radius 2 is 2.37 bits per heavy atom. The largest absolute Gasteiger partial charge is 0.465 e. The topological polar surface area (TPSA) is 69.6 Å². The number of thiophene rings is 1. The molecule has 2 heterocycles. The van der Waals surface area contributed by atoms with Crippen LogP contribution in [0.25, 0.3) is 0 Å². The Morgan fingerprint density at radius 3 is 2.89 bits per heavy atom. The fourth-order valence-corrected chi connectivity index (χ4v) is 3.52. The number of rotatable bonds is 3. The zero-order chi connectivity index (χ0) is 14.0. The highest BCUT2D eigenvalue weighted by Gasteiger charge is 2.26. The van der Waals surface area contributed by atoms with Crippen molar-refractivity contribution in [3.05, 3.63) is 20.3 Å². The van der Waals surface area contributed by atoms with E-state index in [4.69, 9.17) is 5.11 Å². The summed E-state index contributed by atoms with van der Waals surface area (Å²) < 4.78 is 0.968. The molecule has 0 unspecified atom stereocenters. The van der Waals surface area contributed by atoms with E-state index in [1.54, 1.807) is 0 Å². The number of halogens is 1. The van der Waals surface area contributed by atoms with Gasteiger partial charge in [0, 0.05) is 19.6 Å². The fraction of sp³-hybridized carbons (Fsp3) is 0.500. The van der Waals surface area contributed by atoms with Gasteiger partial charge in [0.2, 0.25) is 0 Å². The number of likely N-dealkylation sites (tertiary alicyclic amines) is 1. The lowest BCUT2D eigenvalue weighted by Gasteiger charge is -2.12. The smallest absolute Gasteiger partial charge is 0.407 e. The number of nitrogens with one attached hydrogen (secondary N) is 1. The van der Waals surface area contributed by atoms with E-state index < -0.39 is 6.09 Å². The summed E-state index contributed by atoms with van der Waals surface area (Å²) in [6.07, 6.45) is -0.0774. The number of carbonyl (C=O) groups excluding carboxylic acids is 1. The van der Waals surface area contributed by atoms with Crippen LogP contribution in [0.1, 0.15) is 21.7 Å². The Kier molecular flexibility index (Phi) is 4.46. The molecular weight excluding hydrogens is 332 g/mol. The van der Waals surface area contributed by atoms with Gasteiger partial charge in [0.05, 0.1) is 8.66 Å². The highest BCUT2D eigenvalue weighted by Crippen LogP contribution is 2.27. The number of carbonyl (C=O) groups is 2. The normalized spacial score (nSPS) is 18.6. The van der Waals surface area contributed by atoms with Crippen LogP contribution < -0.4 is 5.32 Å². The third-order valence-corrected chi connectivity index (χ3v) is 5.32. The predicted molar refractivity (Wildman–Crippen MR) is 76.8 cm³/mol. The average Bonchev–Trinajstić information content (AvgIpc) is 2.94. The van der Waals surface area contributed by atoms with Crippen molar-refractivity contribution in [2.45, 2.75) is 13.3 Å². The molecule has 5 nitrogen and oxygen atoms in total. The van der Waals surface area contributed by atoms with Crippen molar-refractivity contribution >= 4 is 39.3 Å². The molecule has 2 N–H and O–H groups in total. The van der Waals surface area contributed by atoms with Crippen LogP contribution in [0, 0.1) is 12.8 Å². The number of hydrogen-bond donors (Lipinski definition) is 2. The predicted octanol–water partition coefficient (Wildman–Crippen LogP) is 2.55. The second kappa shape index (κ2) is 5.92. The molecule has 19 heavy (non-hydrogen) atoms. The molecule has 1 saturated heterocycles. The van der Waals surface area contributed by atoms with Crippen LogP contribution in [-0.4, -0.2) is 41.6 Å². The second-order valence-electron chi connectivity index (χ2n) is 4.66. The van der Waals surface area contributed by atoms with Gasteiger partial charge in [-0.25, -0.2) is 4.79 Å². The summed E-state index contributed by atoms with van der Waals surface area (Å²) in [7, 11) is 0. The fourth-order valence-electron chi connectivity index (χ4n) is 2.07. The molecule has 0 spiro atoms. The molecule has 1 fully saturated rings. The Hall–Kier alpha value is -1.08. The SMILES string of the molecule is Cc1cc(C(=O)NC[C@@H]2CCN(C(=O)O)C2)sc1Br. The molecule has 2 rings (SSSR count). The Bertz CT molecular complexity index is 484. The van der Waals surface area contributed by atoms with E-state index in [-0.39, 0.29) is 11.8 Å². The lowest BCUT2D eigenvalue weighted by Crippen LogP contribution is -2.32. The standard InChI is InChI=1S/C12H15BrN2O3S/c1-7-4-9(19-10(7)13)11(16)14-5-8-2-3-15(6-8)12(17)18/h4,8H,2-3,5-6H2,1H3,(H,14,16)(H,17,18)/t8-/m0/s1.